The van der Waals surface area contributed by atoms with E-state index in [2.05, 4.69) is 24.4 Å². The molecule has 0 aromatic rings. The number of rotatable bonds is 7. The third-order valence-corrected chi connectivity index (χ3v) is 3.59. The highest BCUT2D eigenvalue weighted by Gasteiger charge is 2.14. The summed E-state index contributed by atoms with van der Waals surface area (Å²) in [4.78, 5) is 11.6. The van der Waals surface area contributed by atoms with Gasteiger partial charge in [-0.15, -0.1) is 0 Å². The Bertz CT molecular complexity index is 274. The lowest BCUT2D eigenvalue weighted by molar-refractivity contribution is -0.121. The zero-order chi connectivity index (χ0) is 13.2. The Hall–Kier alpha value is -0.860. The lowest BCUT2D eigenvalue weighted by atomic mass is 9.89. The van der Waals surface area contributed by atoms with Gasteiger partial charge >= 0.3 is 0 Å². The molecule has 1 unspecified atom stereocenters. The second kappa shape index (κ2) is 9.12. The summed E-state index contributed by atoms with van der Waals surface area (Å²) in [5.41, 5.74) is 3.89. The lowest BCUT2D eigenvalue weighted by Gasteiger charge is -2.18. The first kappa shape index (κ1) is 15.2. The summed E-state index contributed by atoms with van der Waals surface area (Å²) in [6.45, 7) is 4.46. The maximum absolute atomic E-state index is 11.6. The van der Waals surface area contributed by atoms with Crippen LogP contribution in [-0.4, -0.2) is 11.6 Å². The number of hydrogen-bond donors (Lipinski definition) is 1. The molecule has 1 amide bonds. The second-order valence-electron chi connectivity index (χ2n) is 5.58. The van der Waals surface area contributed by atoms with E-state index < -0.39 is 0 Å². The van der Waals surface area contributed by atoms with Crippen LogP contribution in [0.2, 0.25) is 0 Å². The molecule has 104 valence electrons. The number of hydrazone groups is 1. The number of nitrogens with zero attached hydrogens (tertiary/aromatic N) is 1. The first-order chi connectivity index (χ1) is 8.72. The molecule has 0 saturated heterocycles. The molecule has 0 aromatic carbocycles. The molecule has 1 aliphatic carbocycles. The van der Waals surface area contributed by atoms with Crippen molar-refractivity contribution in [3.63, 3.8) is 0 Å². The molecule has 1 fully saturated rings. The molecular formula is C15H28N2O. The van der Waals surface area contributed by atoms with Gasteiger partial charge in [0.1, 0.15) is 0 Å². The van der Waals surface area contributed by atoms with Gasteiger partial charge in [0.2, 0.25) is 5.91 Å². The molecule has 0 aromatic heterocycles. The van der Waals surface area contributed by atoms with E-state index in [1.54, 1.807) is 0 Å². The van der Waals surface area contributed by atoms with Crippen molar-refractivity contribution in [2.45, 2.75) is 78.1 Å². The SMILES string of the molecule is CCCCCCCC(=O)NN=C1CCCC(C)C1. The summed E-state index contributed by atoms with van der Waals surface area (Å²) in [6, 6.07) is 0. The third kappa shape index (κ3) is 6.77. The van der Waals surface area contributed by atoms with Gasteiger partial charge in [0.15, 0.2) is 0 Å². The predicted molar refractivity (Wildman–Crippen MR) is 76.6 cm³/mol. The standard InChI is InChI=1S/C15H28N2O/c1-3-4-5-6-7-11-15(18)17-16-14-10-8-9-13(2)12-14/h13H,3-12H2,1-2H3,(H,17,18). The van der Waals surface area contributed by atoms with Gasteiger partial charge < -0.3 is 0 Å². The largest absolute Gasteiger partial charge is 0.273 e. The summed E-state index contributed by atoms with van der Waals surface area (Å²) in [6.07, 6.45) is 11.2. The van der Waals surface area contributed by atoms with Crippen LogP contribution in [-0.2, 0) is 4.79 Å². The average Bonchev–Trinajstić information content (AvgIpc) is 2.36. The molecule has 0 spiro atoms. The fourth-order valence-electron chi connectivity index (χ4n) is 2.45. The minimum absolute atomic E-state index is 0.0808. The average molecular weight is 252 g/mol. The van der Waals surface area contributed by atoms with Crippen LogP contribution in [0.15, 0.2) is 5.10 Å². The highest BCUT2D eigenvalue weighted by molar-refractivity contribution is 5.87. The molecule has 3 heteroatoms. The van der Waals surface area contributed by atoms with E-state index in [0.29, 0.717) is 6.42 Å². The molecule has 0 bridgehead atoms. The molecule has 1 aliphatic rings. The molecule has 0 radical (unpaired) electrons. The molecule has 0 heterocycles. The van der Waals surface area contributed by atoms with E-state index in [9.17, 15) is 4.79 Å². The monoisotopic (exact) mass is 252 g/mol. The zero-order valence-electron chi connectivity index (χ0n) is 12.0. The van der Waals surface area contributed by atoms with Gasteiger partial charge in [-0.25, -0.2) is 5.43 Å². The van der Waals surface area contributed by atoms with Crippen molar-refractivity contribution >= 4 is 11.6 Å². The smallest absolute Gasteiger partial charge is 0.240 e. The van der Waals surface area contributed by atoms with Crippen LogP contribution in [0, 0.1) is 5.92 Å². The van der Waals surface area contributed by atoms with Crippen LogP contribution >= 0.6 is 0 Å². The Labute approximate surface area is 111 Å². The third-order valence-electron chi connectivity index (χ3n) is 3.59. The van der Waals surface area contributed by atoms with Gasteiger partial charge in [0, 0.05) is 12.1 Å². The van der Waals surface area contributed by atoms with Crippen molar-refractivity contribution in [1.82, 2.24) is 5.43 Å². The maximum Gasteiger partial charge on any atom is 0.240 e. The van der Waals surface area contributed by atoms with Crippen molar-refractivity contribution in [2.24, 2.45) is 11.0 Å². The summed E-state index contributed by atoms with van der Waals surface area (Å²) in [7, 11) is 0. The van der Waals surface area contributed by atoms with Crippen molar-refractivity contribution in [2.75, 3.05) is 0 Å². The maximum atomic E-state index is 11.6. The molecule has 3 nitrogen and oxygen atoms in total. The summed E-state index contributed by atoms with van der Waals surface area (Å²) < 4.78 is 0. The molecule has 1 saturated carbocycles. The van der Waals surface area contributed by atoms with E-state index in [4.69, 9.17) is 0 Å². The van der Waals surface area contributed by atoms with E-state index in [1.807, 2.05) is 0 Å². The van der Waals surface area contributed by atoms with Gasteiger partial charge in [0.05, 0.1) is 0 Å². The van der Waals surface area contributed by atoms with Crippen molar-refractivity contribution in [1.29, 1.82) is 0 Å². The normalized spacial score (nSPS) is 22.1. The molecule has 1 atom stereocenters. The molecule has 1 rings (SSSR count). The Morgan fingerprint density at radius 1 is 1.33 bits per heavy atom. The number of carbonyl (C=O) groups is 1. The Balaban J connectivity index is 2.10. The van der Waals surface area contributed by atoms with Gasteiger partial charge in [-0.05, 0) is 38.0 Å². The fourth-order valence-corrected chi connectivity index (χ4v) is 2.45. The Morgan fingerprint density at radius 3 is 2.83 bits per heavy atom. The summed E-state index contributed by atoms with van der Waals surface area (Å²) in [5, 5.41) is 4.27. The molecule has 0 aliphatic heterocycles. The molecule has 1 N–H and O–H groups in total. The molecular weight excluding hydrogens is 224 g/mol. The van der Waals surface area contributed by atoms with Crippen LogP contribution in [0.25, 0.3) is 0 Å². The van der Waals surface area contributed by atoms with Gasteiger partial charge in [0.25, 0.3) is 0 Å². The minimum atomic E-state index is 0.0808. The fraction of sp³-hybridized carbons (Fsp3) is 0.867. The second-order valence-corrected chi connectivity index (χ2v) is 5.58. The van der Waals surface area contributed by atoms with Gasteiger partial charge in [-0.2, -0.15) is 5.10 Å². The van der Waals surface area contributed by atoms with Crippen LogP contribution in [0.4, 0.5) is 0 Å². The number of carbonyl (C=O) groups excluding carboxylic acids is 1. The van der Waals surface area contributed by atoms with Crippen LogP contribution < -0.4 is 5.43 Å². The quantitative estimate of drug-likeness (QED) is 0.539. The Kier molecular flexibility index (Phi) is 7.70. The van der Waals surface area contributed by atoms with Crippen LogP contribution in [0.1, 0.15) is 78.1 Å². The van der Waals surface area contributed by atoms with Crippen molar-refractivity contribution < 1.29 is 4.79 Å². The number of hydrogen-bond acceptors (Lipinski definition) is 2. The van der Waals surface area contributed by atoms with Crippen LogP contribution in [0.5, 0.6) is 0 Å². The number of amides is 1. The zero-order valence-corrected chi connectivity index (χ0v) is 12.0. The van der Waals surface area contributed by atoms with E-state index in [0.717, 1.165) is 31.6 Å². The highest BCUT2D eigenvalue weighted by atomic mass is 16.2. The Morgan fingerprint density at radius 2 is 2.11 bits per heavy atom. The molecule has 18 heavy (non-hydrogen) atoms. The lowest BCUT2D eigenvalue weighted by Crippen LogP contribution is -2.21. The topological polar surface area (TPSA) is 41.5 Å². The number of nitrogens with one attached hydrogen (secondary N) is 1. The minimum Gasteiger partial charge on any atom is -0.273 e. The first-order valence-electron chi connectivity index (χ1n) is 7.56. The first-order valence-corrected chi connectivity index (χ1v) is 7.56. The summed E-state index contributed by atoms with van der Waals surface area (Å²) in [5.74, 6) is 0.806. The van der Waals surface area contributed by atoms with E-state index in [1.165, 1.54) is 37.8 Å². The van der Waals surface area contributed by atoms with Gasteiger partial charge in [-0.3, -0.25) is 4.79 Å². The highest BCUT2D eigenvalue weighted by Crippen LogP contribution is 2.20. The van der Waals surface area contributed by atoms with E-state index in [-0.39, 0.29) is 5.91 Å². The predicted octanol–water partition coefficient (Wildman–Crippen LogP) is 4.03. The summed E-state index contributed by atoms with van der Waals surface area (Å²) >= 11 is 0. The van der Waals surface area contributed by atoms with E-state index >= 15 is 0 Å². The van der Waals surface area contributed by atoms with Gasteiger partial charge in [-0.1, -0.05) is 39.5 Å². The van der Waals surface area contributed by atoms with Crippen molar-refractivity contribution in [3.05, 3.63) is 0 Å². The number of unbranched alkanes of at least 4 members (excludes halogenated alkanes) is 4. The van der Waals surface area contributed by atoms with Crippen LogP contribution in [0.3, 0.4) is 0 Å². The van der Waals surface area contributed by atoms with Crippen molar-refractivity contribution in [3.8, 4) is 0 Å².